The molecule has 4 N–H and O–H groups in total. The molecule has 0 saturated carbocycles. The Kier molecular flexibility index (Phi) is 6.39. The molecule has 1 atom stereocenters. The second kappa shape index (κ2) is 5.38. The van der Waals surface area contributed by atoms with Gasteiger partial charge in [0.25, 0.3) is 0 Å². The monoisotopic (exact) mass is 194 g/mol. The first-order valence-corrected chi connectivity index (χ1v) is 3.88. The van der Waals surface area contributed by atoms with E-state index in [4.69, 9.17) is 11.5 Å². The van der Waals surface area contributed by atoms with Gasteiger partial charge in [-0.15, -0.1) is 12.4 Å². The Hall–Kier alpha value is -0.280. The average Bonchev–Trinajstić information content (AvgIpc) is 1.80. The van der Waals surface area contributed by atoms with Crippen LogP contribution in [0.5, 0.6) is 0 Å². The Balaban J connectivity index is 0. The van der Waals surface area contributed by atoms with E-state index in [1.54, 1.807) is 0 Å². The van der Waals surface area contributed by atoms with Crippen LogP contribution in [0.2, 0.25) is 0 Å². The number of carbonyl (C=O) groups is 1. The highest BCUT2D eigenvalue weighted by Gasteiger charge is 2.15. The van der Waals surface area contributed by atoms with Crippen LogP contribution in [-0.4, -0.2) is 11.9 Å². The lowest BCUT2D eigenvalue weighted by molar-refractivity contribution is -0.119. The molecule has 0 aliphatic carbocycles. The Bertz CT molecular complexity index is 142. The van der Waals surface area contributed by atoms with Crippen LogP contribution in [-0.2, 0) is 4.79 Å². The summed E-state index contributed by atoms with van der Waals surface area (Å²) in [6.45, 7) is 6.34. The summed E-state index contributed by atoms with van der Waals surface area (Å²) < 4.78 is 0. The predicted molar refractivity (Wildman–Crippen MR) is 53.1 cm³/mol. The van der Waals surface area contributed by atoms with Gasteiger partial charge in [0.1, 0.15) is 0 Å². The van der Waals surface area contributed by atoms with Crippen LogP contribution in [0.3, 0.4) is 0 Å². The van der Waals surface area contributed by atoms with E-state index in [0.29, 0.717) is 6.42 Å². The summed E-state index contributed by atoms with van der Waals surface area (Å²) >= 11 is 0. The minimum absolute atomic E-state index is 0. The summed E-state index contributed by atoms with van der Waals surface area (Å²) in [5.74, 6) is -0.408. The van der Waals surface area contributed by atoms with Gasteiger partial charge in [0, 0.05) is 0 Å². The van der Waals surface area contributed by atoms with Gasteiger partial charge in [-0.1, -0.05) is 20.8 Å². The van der Waals surface area contributed by atoms with Crippen LogP contribution in [0.4, 0.5) is 0 Å². The van der Waals surface area contributed by atoms with Gasteiger partial charge >= 0.3 is 0 Å². The average molecular weight is 195 g/mol. The highest BCUT2D eigenvalue weighted by molar-refractivity contribution is 5.85. The summed E-state index contributed by atoms with van der Waals surface area (Å²) in [4.78, 5) is 10.5. The van der Waals surface area contributed by atoms with Gasteiger partial charge in [-0.2, -0.15) is 0 Å². The molecule has 0 bridgehead atoms. The number of rotatable bonds is 3. The van der Waals surface area contributed by atoms with E-state index in [9.17, 15) is 4.79 Å². The molecule has 74 valence electrons. The fourth-order valence-electron chi connectivity index (χ4n) is 0.731. The molecular weight excluding hydrogens is 176 g/mol. The van der Waals surface area contributed by atoms with Gasteiger partial charge in [0.2, 0.25) is 5.91 Å². The maximum Gasteiger partial charge on any atom is 0.234 e. The zero-order chi connectivity index (χ0) is 9.07. The van der Waals surface area contributed by atoms with Gasteiger partial charge < -0.3 is 11.5 Å². The third-order valence-corrected chi connectivity index (χ3v) is 1.57. The van der Waals surface area contributed by atoms with Crippen LogP contribution in [0, 0.1) is 5.41 Å². The van der Waals surface area contributed by atoms with E-state index < -0.39 is 11.9 Å². The molecule has 0 radical (unpaired) electrons. The van der Waals surface area contributed by atoms with Crippen LogP contribution in [0.25, 0.3) is 0 Å². The third kappa shape index (κ3) is 7.82. The Labute approximate surface area is 80.3 Å². The number of primary amides is 1. The van der Waals surface area contributed by atoms with Crippen molar-refractivity contribution in [3.63, 3.8) is 0 Å². The number of nitrogens with two attached hydrogens (primary N) is 2. The highest BCUT2D eigenvalue weighted by atomic mass is 35.5. The highest BCUT2D eigenvalue weighted by Crippen LogP contribution is 2.20. The van der Waals surface area contributed by atoms with Gasteiger partial charge in [0.15, 0.2) is 0 Å². The number of amides is 1. The minimum atomic E-state index is -0.478. The molecule has 0 saturated heterocycles. The van der Waals surface area contributed by atoms with Gasteiger partial charge in [0.05, 0.1) is 6.04 Å². The topological polar surface area (TPSA) is 69.1 Å². The van der Waals surface area contributed by atoms with Crippen molar-refractivity contribution < 1.29 is 4.79 Å². The Morgan fingerprint density at radius 3 is 2.08 bits per heavy atom. The van der Waals surface area contributed by atoms with Crippen LogP contribution < -0.4 is 11.5 Å². The lowest BCUT2D eigenvalue weighted by atomic mass is 9.89. The van der Waals surface area contributed by atoms with Crippen molar-refractivity contribution in [3.8, 4) is 0 Å². The molecule has 3 nitrogen and oxygen atoms in total. The van der Waals surface area contributed by atoms with E-state index in [2.05, 4.69) is 20.8 Å². The molecule has 1 amide bonds. The maximum absolute atomic E-state index is 10.5. The molecule has 0 aliphatic rings. The number of carbonyl (C=O) groups excluding carboxylic acids is 1. The van der Waals surface area contributed by atoms with Crippen LogP contribution in [0.1, 0.15) is 33.6 Å². The van der Waals surface area contributed by atoms with E-state index in [-0.39, 0.29) is 17.8 Å². The largest absolute Gasteiger partial charge is 0.368 e. The molecule has 0 rings (SSSR count). The molecule has 0 heterocycles. The quantitative estimate of drug-likeness (QED) is 0.705. The smallest absolute Gasteiger partial charge is 0.234 e. The third-order valence-electron chi connectivity index (χ3n) is 1.57. The standard InChI is InChI=1S/C8H18N2O.ClH/c1-8(2,3)5-4-6(9)7(10)11;/h6H,4-5,9H2,1-3H3,(H2,10,11);1H. The van der Waals surface area contributed by atoms with E-state index in [0.717, 1.165) is 6.42 Å². The summed E-state index contributed by atoms with van der Waals surface area (Å²) in [7, 11) is 0. The maximum atomic E-state index is 10.5. The first-order valence-electron chi connectivity index (χ1n) is 3.88. The summed E-state index contributed by atoms with van der Waals surface area (Å²) in [5, 5.41) is 0. The molecule has 0 spiro atoms. The zero-order valence-corrected chi connectivity index (χ0v) is 8.78. The van der Waals surface area contributed by atoms with Crippen LogP contribution >= 0.6 is 12.4 Å². The van der Waals surface area contributed by atoms with Gasteiger partial charge in [-0.05, 0) is 18.3 Å². The first-order chi connectivity index (χ1) is 4.83. The van der Waals surface area contributed by atoms with Crippen molar-refractivity contribution in [1.29, 1.82) is 0 Å². The van der Waals surface area contributed by atoms with E-state index in [1.165, 1.54) is 0 Å². The predicted octanol–water partition coefficient (Wildman–Crippen LogP) is 1.05. The number of hydrogen-bond donors (Lipinski definition) is 2. The van der Waals surface area contributed by atoms with Crippen molar-refractivity contribution >= 4 is 18.3 Å². The lowest BCUT2D eigenvalue weighted by Crippen LogP contribution is -2.36. The van der Waals surface area contributed by atoms with Crippen LogP contribution in [0.15, 0.2) is 0 Å². The molecule has 0 aromatic carbocycles. The Morgan fingerprint density at radius 1 is 1.42 bits per heavy atom. The SMILES string of the molecule is CC(C)(C)CCC(N)C(N)=O.Cl. The molecule has 1 unspecified atom stereocenters. The Morgan fingerprint density at radius 2 is 1.83 bits per heavy atom. The van der Waals surface area contributed by atoms with Gasteiger partial charge in [-0.25, -0.2) is 0 Å². The summed E-state index contributed by atoms with van der Waals surface area (Å²) in [5.41, 5.74) is 10.7. The fourth-order valence-corrected chi connectivity index (χ4v) is 0.731. The number of hydrogen-bond acceptors (Lipinski definition) is 2. The molecular formula is C8H19ClN2O. The van der Waals surface area contributed by atoms with Crippen molar-refractivity contribution in [1.82, 2.24) is 0 Å². The summed E-state index contributed by atoms with van der Waals surface area (Å²) in [6.07, 6.45) is 1.61. The first kappa shape index (κ1) is 14.3. The van der Waals surface area contributed by atoms with Crippen molar-refractivity contribution in [2.24, 2.45) is 16.9 Å². The van der Waals surface area contributed by atoms with Gasteiger partial charge in [-0.3, -0.25) is 4.79 Å². The second-order valence-electron chi connectivity index (χ2n) is 4.11. The zero-order valence-electron chi connectivity index (χ0n) is 7.96. The fraction of sp³-hybridized carbons (Fsp3) is 0.875. The van der Waals surface area contributed by atoms with Crippen molar-refractivity contribution in [2.75, 3.05) is 0 Å². The minimum Gasteiger partial charge on any atom is -0.368 e. The molecule has 12 heavy (non-hydrogen) atoms. The summed E-state index contributed by atoms with van der Waals surface area (Å²) in [6, 6.07) is -0.478. The lowest BCUT2D eigenvalue weighted by Gasteiger charge is -2.19. The molecule has 4 heteroatoms. The second-order valence-corrected chi connectivity index (χ2v) is 4.11. The molecule has 0 aromatic rings. The van der Waals surface area contributed by atoms with E-state index >= 15 is 0 Å². The normalized spacial score (nSPS) is 13.3. The molecule has 0 aromatic heterocycles. The van der Waals surface area contributed by atoms with Crippen molar-refractivity contribution in [2.45, 2.75) is 39.7 Å². The number of halogens is 1. The molecule has 0 aliphatic heterocycles. The van der Waals surface area contributed by atoms with Crippen molar-refractivity contribution in [3.05, 3.63) is 0 Å². The molecule has 0 fully saturated rings. The van der Waals surface area contributed by atoms with E-state index in [1.807, 2.05) is 0 Å².